The molecule has 0 saturated heterocycles. The molecular formula is C14H24N2O. The highest BCUT2D eigenvalue weighted by Crippen LogP contribution is 2.29. The topological polar surface area (TPSA) is 47.3 Å². The molecule has 3 nitrogen and oxygen atoms in total. The quantitative estimate of drug-likeness (QED) is 0.823. The summed E-state index contributed by atoms with van der Waals surface area (Å²) in [6.45, 7) is 7.03. The summed E-state index contributed by atoms with van der Waals surface area (Å²) in [6, 6.07) is 4.59. The van der Waals surface area contributed by atoms with Crippen LogP contribution < -0.4 is 15.8 Å². The van der Waals surface area contributed by atoms with Crippen LogP contribution in [0.1, 0.15) is 29.7 Å². The highest BCUT2D eigenvalue weighted by atomic mass is 16.5. The first kappa shape index (κ1) is 14.0. The fourth-order valence-electron chi connectivity index (χ4n) is 2.25. The lowest BCUT2D eigenvalue weighted by Crippen LogP contribution is -2.29. The van der Waals surface area contributed by atoms with Crippen molar-refractivity contribution in [3.63, 3.8) is 0 Å². The predicted octanol–water partition coefficient (Wildman–Crippen LogP) is 2.17. The van der Waals surface area contributed by atoms with E-state index in [2.05, 4.69) is 38.2 Å². The van der Waals surface area contributed by atoms with Gasteiger partial charge in [-0.3, -0.25) is 0 Å². The number of rotatable bonds is 5. The van der Waals surface area contributed by atoms with Crippen LogP contribution in [0.4, 0.5) is 0 Å². The first-order valence-electron chi connectivity index (χ1n) is 6.07. The van der Waals surface area contributed by atoms with Crippen molar-refractivity contribution < 1.29 is 4.74 Å². The number of methoxy groups -OCH3 is 1. The van der Waals surface area contributed by atoms with Crippen molar-refractivity contribution in [2.24, 2.45) is 11.7 Å². The molecule has 3 N–H and O–H groups in total. The Kier molecular flexibility index (Phi) is 4.97. The molecule has 0 heterocycles. The number of nitrogens with two attached hydrogens (primary N) is 1. The maximum atomic E-state index is 5.77. The smallest absolute Gasteiger partial charge is 0.122 e. The van der Waals surface area contributed by atoms with E-state index < -0.39 is 0 Å². The molecule has 0 aromatic heterocycles. The molecule has 17 heavy (non-hydrogen) atoms. The summed E-state index contributed by atoms with van der Waals surface area (Å²) in [5, 5.41) is 3.35. The van der Waals surface area contributed by atoms with Gasteiger partial charge in [-0.2, -0.15) is 0 Å². The summed E-state index contributed by atoms with van der Waals surface area (Å²) in [7, 11) is 3.69. The van der Waals surface area contributed by atoms with Crippen molar-refractivity contribution in [1.29, 1.82) is 0 Å². The van der Waals surface area contributed by atoms with Gasteiger partial charge in [-0.15, -0.1) is 0 Å². The molecule has 0 saturated carbocycles. The monoisotopic (exact) mass is 236 g/mol. The second-order valence-electron chi connectivity index (χ2n) is 4.66. The van der Waals surface area contributed by atoms with E-state index in [0.717, 1.165) is 11.3 Å². The molecule has 3 heteroatoms. The third kappa shape index (κ3) is 2.99. The van der Waals surface area contributed by atoms with Crippen molar-refractivity contribution in [3.8, 4) is 5.75 Å². The van der Waals surface area contributed by atoms with Gasteiger partial charge >= 0.3 is 0 Å². The number of benzene rings is 1. The van der Waals surface area contributed by atoms with Crippen LogP contribution in [0.5, 0.6) is 5.75 Å². The largest absolute Gasteiger partial charge is 0.496 e. The van der Waals surface area contributed by atoms with E-state index in [-0.39, 0.29) is 0 Å². The van der Waals surface area contributed by atoms with Crippen LogP contribution in [0.3, 0.4) is 0 Å². The summed E-state index contributed by atoms with van der Waals surface area (Å²) in [5.41, 5.74) is 9.48. The molecule has 0 spiro atoms. The molecule has 0 fully saturated rings. The Hall–Kier alpha value is -1.06. The third-order valence-electron chi connectivity index (χ3n) is 3.37. The van der Waals surface area contributed by atoms with Crippen molar-refractivity contribution in [3.05, 3.63) is 28.8 Å². The van der Waals surface area contributed by atoms with Gasteiger partial charge in [0, 0.05) is 6.04 Å². The van der Waals surface area contributed by atoms with E-state index in [4.69, 9.17) is 10.5 Å². The van der Waals surface area contributed by atoms with Crippen molar-refractivity contribution >= 4 is 0 Å². The van der Waals surface area contributed by atoms with E-state index in [1.807, 2.05) is 7.05 Å². The zero-order valence-corrected chi connectivity index (χ0v) is 11.5. The van der Waals surface area contributed by atoms with Gasteiger partial charge in [-0.05, 0) is 56.1 Å². The molecule has 1 aromatic rings. The van der Waals surface area contributed by atoms with Crippen LogP contribution in [0.15, 0.2) is 12.1 Å². The first-order valence-corrected chi connectivity index (χ1v) is 6.07. The Morgan fingerprint density at radius 2 is 1.94 bits per heavy atom. The molecule has 0 radical (unpaired) electrons. The second-order valence-corrected chi connectivity index (χ2v) is 4.66. The van der Waals surface area contributed by atoms with E-state index in [9.17, 15) is 0 Å². The van der Waals surface area contributed by atoms with Gasteiger partial charge in [0.25, 0.3) is 0 Å². The second kappa shape index (κ2) is 6.03. The van der Waals surface area contributed by atoms with Crippen LogP contribution in [0, 0.1) is 19.8 Å². The van der Waals surface area contributed by atoms with Gasteiger partial charge in [-0.25, -0.2) is 0 Å². The fraction of sp³-hybridized carbons (Fsp3) is 0.571. The zero-order valence-electron chi connectivity index (χ0n) is 11.5. The molecule has 1 rings (SSSR count). The maximum absolute atomic E-state index is 5.77. The minimum Gasteiger partial charge on any atom is -0.496 e. The first-order chi connectivity index (χ1) is 8.04. The van der Waals surface area contributed by atoms with Crippen LogP contribution in [-0.2, 0) is 0 Å². The molecule has 2 atom stereocenters. The number of ether oxygens (including phenoxy) is 1. The highest BCUT2D eigenvalue weighted by molar-refractivity contribution is 5.43. The maximum Gasteiger partial charge on any atom is 0.122 e. The summed E-state index contributed by atoms with van der Waals surface area (Å²) in [4.78, 5) is 0. The Balaban J connectivity index is 3.16. The van der Waals surface area contributed by atoms with Crippen LogP contribution in [0.25, 0.3) is 0 Å². The van der Waals surface area contributed by atoms with Crippen molar-refractivity contribution in [2.75, 3.05) is 20.7 Å². The van der Waals surface area contributed by atoms with E-state index in [0.29, 0.717) is 18.5 Å². The summed E-state index contributed by atoms with van der Waals surface area (Å²) < 4.78 is 5.34. The fourth-order valence-corrected chi connectivity index (χ4v) is 2.25. The van der Waals surface area contributed by atoms with Crippen molar-refractivity contribution in [1.82, 2.24) is 5.32 Å². The van der Waals surface area contributed by atoms with Gasteiger partial charge in [0.2, 0.25) is 0 Å². The Labute approximate surface area is 104 Å². The molecule has 0 aliphatic rings. The van der Waals surface area contributed by atoms with Crippen LogP contribution in [0.2, 0.25) is 0 Å². The molecule has 1 aromatic carbocycles. The van der Waals surface area contributed by atoms with Gasteiger partial charge in [0.15, 0.2) is 0 Å². The minimum absolute atomic E-state index is 0.296. The third-order valence-corrected chi connectivity index (χ3v) is 3.37. The molecule has 0 amide bonds. The van der Waals surface area contributed by atoms with Gasteiger partial charge in [0.05, 0.1) is 7.11 Å². The standard InChI is InChI=1S/C14H24N2O/c1-9-7-13(17-5)10(2)6-12(9)14(16-4)11(3)8-15/h6-7,11,14,16H,8,15H2,1-5H3. The molecule has 96 valence electrons. The number of nitrogens with one attached hydrogen (secondary N) is 1. The van der Waals surface area contributed by atoms with Crippen molar-refractivity contribution in [2.45, 2.75) is 26.8 Å². The normalized spacial score (nSPS) is 14.5. The molecule has 2 unspecified atom stereocenters. The summed E-state index contributed by atoms with van der Waals surface area (Å²) in [6.07, 6.45) is 0. The number of hydrogen-bond donors (Lipinski definition) is 2. The lowest BCUT2D eigenvalue weighted by molar-refractivity contribution is 0.405. The molecule has 0 bridgehead atoms. The van der Waals surface area contributed by atoms with Gasteiger partial charge in [-0.1, -0.05) is 13.0 Å². The average Bonchev–Trinajstić information content (AvgIpc) is 2.33. The van der Waals surface area contributed by atoms with Gasteiger partial charge in [0.1, 0.15) is 5.75 Å². The summed E-state index contributed by atoms with van der Waals surface area (Å²) >= 11 is 0. The highest BCUT2D eigenvalue weighted by Gasteiger charge is 2.19. The van der Waals surface area contributed by atoms with E-state index in [1.165, 1.54) is 11.1 Å². The summed E-state index contributed by atoms with van der Waals surface area (Å²) in [5.74, 6) is 1.35. The average molecular weight is 236 g/mol. The Morgan fingerprint density at radius 3 is 2.41 bits per heavy atom. The Morgan fingerprint density at radius 1 is 1.29 bits per heavy atom. The molecule has 0 aliphatic carbocycles. The zero-order chi connectivity index (χ0) is 13.0. The minimum atomic E-state index is 0.296. The Bertz CT molecular complexity index is 377. The van der Waals surface area contributed by atoms with E-state index in [1.54, 1.807) is 7.11 Å². The lowest BCUT2D eigenvalue weighted by Gasteiger charge is -2.25. The van der Waals surface area contributed by atoms with Crippen LogP contribution in [-0.4, -0.2) is 20.7 Å². The number of hydrogen-bond acceptors (Lipinski definition) is 3. The van der Waals surface area contributed by atoms with Gasteiger partial charge < -0.3 is 15.8 Å². The SMILES string of the molecule is CNC(c1cc(C)c(OC)cc1C)C(C)CN. The van der Waals surface area contributed by atoms with Crippen LogP contribution >= 0.6 is 0 Å². The molecular weight excluding hydrogens is 212 g/mol. The predicted molar refractivity (Wildman–Crippen MR) is 72.5 cm³/mol. The molecule has 0 aliphatic heterocycles. The number of aryl methyl sites for hydroxylation is 2. The lowest BCUT2D eigenvalue weighted by atomic mass is 9.90. The van der Waals surface area contributed by atoms with E-state index >= 15 is 0 Å².